The predicted octanol–water partition coefficient (Wildman–Crippen LogP) is 6.70. The number of methoxy groups -OCH3 is 1. The monoisotopic (exact) mass is 388 g/mol. The molecule has 0 heterocycles. The SMILES string of the molecule is CCCCCCc1ccc(-c2ccc(C(=O)Oc3ccc(OC)cc3)cc2)cc1. The van der Waals surface area contributed by atoms with Gasteiger partial charge in [-0.2, -0.15) is 0 Å². The Balaban J connectivity index is 1.59. The fourth-order valence-electron chi connectivity index (χ4n) is 3.23. The molecule has 150 valence electrons. The van der Waals surface area contributed by atoms with E-state index in [9.17, 15) is 4.79 Å². The standard InChI is InChI=1S/C26H28O3/c1-3-4-5-6-7-20-8-10-21(11-9-20)22-12-14-23(15-13-22)26(27)29-25-18-16-24(28-2)17-19-25/h8-19H,3-7H2,1-2H3. The summed E-state index contributed by atoms with van der Waals surface area (Å²) >= 11 is 0. The van der Waals surface area contributed by atoms with Crippen LogP contribution in [0.5, 0.6) is 11.5 Å². The Bertz CT molecular complexity index is 894. The highest BCUT2D eigenvalue weighted by atomic mass is 16.5. The van der Waals surface area contributed by atoms with Crippen molar-refractivity contribution in [3.05, 3.63) is 83.9 Å². The third-order valence-corrected chi connectivity index (χ3v) is 5.00. The lowest BCUT2D eigenvalue weighted by molar-refractivity contribution is 0.0734. The van der Waals surface area contributed by atoms with Gasteiger partial charge in [0.2, 0.25) is 0 Å². The van der Waals surface area contributed by atoms with Gasteiger partial charge in [-0.05, 0) is 65.9 Å². The Kier molecular flexibility index (Phi) is 7.46. The van der Waals surface area contributed by atoms with E-state index in [4.69, 9.17) is 9.47 Å². The second-order valence-corrected chi connectivity index (χ2v) is 7.15. The van der Waals surface area contributed by atoms with Crippen LogP contribution >= 0.6 is 0 Å². The van der Waals surface area contributed by atoms with Crippen LogP contribution in [0.4, 0.5) is 0 Å². The Morgan fingerprint density at radius 2 is 1.31 bits per heavy atom. The molecule has 29 heavy (non-hydrogen) atoms. The van der Waals surface area contributed by atoms with Gasteiger partial charge in [0, 0.05) is 0 Å². The first kappa shape index (κ1) is 20.7. The minimum Gasteiger partial charge on any atom is -0.497 e. The van der Waals surface area contributed by atoms with Crippen molar-refractivity contribution in [2.24, 2.45) is 0 Å². The van der Waals surface area contributed by atoms with Gasteiger partial charge in [-0.25, -0.2) is 4.79 Å². The average molecular weight is 389 g/mol. The minimum atomic E-state index is -0.371. The molecule has 0 saturated heterocycles. The summed E-state index contributed by atoms with van der Waals surface area (Å²) in [5, 5.41) is 0. The molecular formula is C26H28O3. The van der Waals surface area contributed by atoms with E-state index in [-0.39, 0.29) is 5.97 Å². The number of esters is 1. The summed E-state index contributed by atoms with van der Waals surface area (Å²) < 4.78 is 10.5. The maximum atomic E-state index is 12.4. The molecule has 0 saturated carbocycles. The maximum Gasteiger partial charge on any atom is 0.343 e. The van der Waals surface area contributed by atoms with E-state index in [2.05, 4.69) is 31.2 Å². The summed E-state index contributed by atoms with van der Waals surface area (Å²) in [5.41, 5.74) is 4.14. The molecule has 0 bridgehead atoms. The zero-order valence-corrected chi connectivity index (χ0v) is 17.2. The maximum absolute atomic E-state index is 12.4. The topological polar surface area (TPSA) is 35.5 Å². The molecule has 0 N–H and O–H groups in total. The summed E-state index contributed by atoms with van der Waals surface area (Å²) in [6, 6.07) is 23.2. The molecule has 0 amide bonds. The van der Waals surface area contributed by atoms with Crippen molar-refractivity contribution in [1.82, 2.24) is 0 Å². The highest BCUT2D eigenvalue weighted by Crippen LogP contribution is 2.22. The number of hydrogen-bond acceptors (Lipinski definition) is 3. The van der Waals surface area contributed by atoms with Crippen LogP contribution in [0.2, 0.25) is 0 Å². The Morgan fingerprint density at radius 3 is 1.90 bits per heavy atom. The molecule has 0 aromatic heterocycles. The molecule has 0 fully saturated rings. The molecule has 3 nitrogen and oxygen atoms in total. The van der Waals surface area contributed by atoms with E-state index in [1.807, 2.05) is 12.1 Å². The first-order chi connectivity index (χ1) is 14.2. The van der Waals surface area contributed by atoms with Gasteiger partial charge in [-0.15, -0.1) is 0 Å². The number of ether oxygens (including phenoxy) is 2. The largest absolute Gasteiger partial charge is 0.497 e. The van der Waals surface area contributed by atoms with Gasteiger partial charge < -0.3 is 9.47 Å². The molecule has 0 atom stereocenters. The third kappa shape index (κ3) is 5.95. The van der Waals surface area contributed by atoms with Crippen LogP contribution in [0, 0.1) is 0 Å². The molecule has 3 heteroatoms. The van der Waals surface area contributed by atoms with Gasteiger partial charge in [0.1, 0.15) is 11.5 Å². The van der Waals surface area contributed by atoms with E-state index < -0.39 is 0 Å². The second kappa shape index (κ2) is 10.5. The molecule has 0 aliphatic rings. The van der Waals surface area contributed by atoms with Crippen molar-refractivity contribution in [3.63, 3.8) is 0 Å². The Labute approximate surface area is 173 Å². The predicted molar refractivity (Wildman–Crippen MR) is 118 cm³/mol. The number of carbonyl (C=O) groups excluding carboxylic acids is 1. The van der Waals surface area contributed by atoms with Crippen LogP contribution in [0.15, 0.2) is 72.8 Å². The number of benzene rings is 3. The first-order valence-corrected chi connectivity index (χ1v) is 10.2. The van der Waals surface area contributed by atoms with E-state index >= 15 is 0 Å². The highest BCUT2D eigenvalue weighted by Gasteiger charge is 2.09. The Hall–Kier alpha value is -3.07. The summed E-state index contributed by atoms with van der Waals surface area (Å²) in [6.07, 6.45) is 6.26. The lowest BCUT2D eigenvalue weighted by Gasteiger charge is -2.07. The molecule has 3 rings (SSSR count). The fraction of sp³-hybridized carbons (Fsp3) is 0.269. The van der Waals surface area contributed by atoms with Gasteiger partial charge in [0.15, 0.2) is 0 Å². The molecular weight excluding hydrogens is 360 g/mol. The molecule has 3 aromatic rings. The van der Waals surface area contributed by atoms with Crippen LogP contribution in [0.25, 0.3) is 11.1 Å². The first-order valence-electron chi connectivity index (χ1n) is 10.2. The van der Waals surface area contributed by atoms with Crippen LogP contribution in [-0.4, -0.2) is 13.1 Å². The number of unbranched alkanes of at least 4 members (excludes halogenated alkanes) is 3. The van der Waals surface area contributed by atoms with Crippen LogP contribution in [-0.2, 0) is 6.42 Å². The number of hydrogen-bond donors (Lipinski definition) is 0. The molecule has 0 radical (unpaired) electrons. The molecule has 0 aliphatic heterocycles. The third-order valence-electron chi connectivity index (χ3n) is 5.00. The van der Waals surface area contributed by atoms with Crippen LogP contribution in [0.1, 0.15) is 48.5 Å². The minimum absolute atomic E-state index is 0.371. The molecule has 0 spiro atoms. The zero-order chi connectivity index (χ0) is 20.5. The van der Waals surface area contributed by atoms with E-state index in [1.54, 1.807) is 43.5 Å². The van der Waals surface area contributed by atoms with Crippen molar-refractivity contribution < 1.29 is 14.3 Å². The number of rotatable bonds is 9. The van der Waals surface area contributed by atoms with Crippen molar-refractivity contribution in [1.29, 1.82) is 0 Å². The van der Waals surface area contributed by atoms with Crippen molar-refractivity contribution >= 4 is 5.97 Å². The lowest BCUT2D eigenvalue weighted by Crippen LogP contribution is -2.08. The molecule has 0 unspecified atom stereocenters. The van der Waals surface area contributed by atoms with Gasteiger partial charge in [0.25, 0.3) is 0 Å². The second-order valence-electron chi connectivity index (χ2n) is 7.15. The van der Waals surface area contributed by atoms with Gasteiger partial charge >= 0.3 is 5.97 Å². The quantitative estimate of drug-likeness (QED) is 0.232. The average Bonchev–Trinajstić information content (AvgIpc) is 2.78. The number of carbonyl (C=O) groups is 1. The van der Waals surface area contributed by atoms with E-state index in [0.717, 1.165) is 23.3 Å². The van der Waals surface area contributed by atoms with Gasteiger partial charge in [-0.3, -0.25) is 0 Å². The molecule has 0 aliphatic carbocycles. The molecule has 3 aromatic carbocycles. The summed E-state index contributed by atoms with van der Waals surface area (Å²) in [5.74, 6) is 0.847. The van der Waals surface area contributed by atoms with E-state index in [1.165, 1.54) is 31.2 Å². The van der Waals surface area contributed by atoms with Gasteiger partial charge in [0.05, 0.1) is 12.7 Å². The van der Waals surface area contributed by atoms with Crippen molar-refractivity contribution in [2.45, 2.75) is 39.0 Å². The Morgan fingerprint density at radius 1 is 0.724 bits per heavy atom. The summed E-state index contributed by atoms with van der Waals surface area (Å²) in [7, 11) is 1.60. The number of aryl methyl sites for hydroxylation is 1. The fourth-order valence-corrected chi connectivity index (χ4v) is 3.23. The van der Waals surface area contributed by atoms with Crippen molar-refractivity contribution in [3.8, 4) is 22.6 Å². The van der Waals surface area contributed by atoms with Crippen molar-refractivity contribution in [2.75, 3.05) is 7.11 Å². The zero-order valence-electron chi connectivity index (χ0n) is 17.2. The normalized spacial score (nSPS) is 10.6. The highest BCUT2D eigenvalue weighted by molar-refractivity contribution is 5.91. The smallest absolute Gasteiger partial charge is 0.343 e. The van der Waals surface area contributed by atoms with Crippen LogP contribution in [0.3, 0.4) is 0 Å². The lowest BCUT2D eigenvalue weighted by atomic mass is 10.0. The van der Waals surface area contributed by atoms with Gasteiger partial charge in [-0.1, -0.05) is 62.6 Å². The van der Waals surface area contributed by atoms with Crippen LogP contribution < -0.4 is 9.47 Å². The van der Waals surface area contributed by atoms with E-state index in [0.29, 0.717) is 11.3 Å². The summed E-state index contributed by atoms with van der Waals surface area (Å²) in [4.78, 5) is 12.4. The summed E-state index contributed by atoms with van der Waals surface area (Å²) in [6.45, 7) is 2.23.